The molecule has 3 nitrogen and oxygen atoms in total. The highest BCUT2D eigenvalue weighted by Crippen LogP contribution is 2.57. The Hall–Kier alpha value is -1.06. The predicted octanol–water partition coefficient (Wildman–Crippen LogP) is 3.57. The molecule has 138 valence electrons. The Morgan fingerprint density at radius 3 is 2.68 bits per heavy atom. The largest absolute Gasteiger partial charge is 0.353 e. The maximum atomic E-state index is 13.4. The van der Waals surface area contributed by atoms with Gasteiger partial charge in [0.05, 0.1) is 5.41 Å². The van der Waals surface area contributed by atoms with Gasteiger partial charge in [0.2, 0.25) is 5.91 Å². The molecule has 1 aromatic rings. The number of nitrogens with one attached hydrogen (secondary N) is 2. The zero-order chi connectivity index (χ0) is 16.6. The number of fused-ring (bicyclic) bond motifs is 2. The van der Waals surface area contributed by atoms with E-state index in [9.17, 15) is 4.79 Å². The first-order valence-electron chi connectivity index (χ1n) is 9.73. The molecule has 1 saturated heterocycles. The lowest BCUT2D eigenvalue weighted by Crippen LogP contribution is -2.54. The van der Waals surface area contributed by atoms with Gasteiger partial charge in [-0.3, -0.25) is 4.79 Å². The molecule has 1 amide bonds. The standard InChI is InChI=1S/C21H30N2O.ClH/c1-15-14-22-10-9-19(15)23-20(24)21(12-16-5-3-2-4-6-16)13-17-7-8-18(21)11-17;/h2-6,15,17-19,22H,7-14H2,1H3,(H,23,24);1H. The summed E-state index contributed by atoms with van der Waals surface area (Å²) in [5, 5.41) is 6.91. The van der Waals surface area contributed by atoms with Crippen molar-refractivity contribution < 1.29 is 4.79 Å². The van der Waals surface area contributed by atoms with Crippen LogP contribution < -0.4 is 10.6 Å². The van der Waals surface area contributed by atoms with Crippen LogP contribution in [0.4, 0.5) is 0 Å². The van der Waals surface area contributed by atoms with Crippen LogP contribution >= 0.6 is 12.4 Å². The lowest BCUT2D eigenvalue weighted by molar-refractivity contribution is -0.135. The zero-order valence-corrected chi connectivity index (χ0v) is 16.0. The minimum Gasteiger partial charge on any atom is -0.353 e. The Kier molecular flexibility index (Phi) is 5.75. The number of rotatable bonds is 4. The molecule has 0 radical (unpaired) electrons. The molecule has 0 aromatic heterocycles. The van der Waals surface area contributed by atoms with Gasteiger partial charge in [-0.25, -0.2) is 0 Å². The molecule has 1 aliphatic heterocycles. The average Bonchev–Trinajstić information content (AvgIpc) is 3.19. The number of halogens is 1. The van der Waals surface area contributed by atoms with E-state index in [0.29, 0.717) is 23.8 Å². The van der Waals surface area contributed by atoms with Gasteiger partial charge in [-0.15, -0.1) is 12.4 Å². The fourth-order valence-corrected chi connectivity index (χ4v) is 5.52. The molecule has 5 atom stereocenters. The molecule has 2 saturated carbocycles. The number of hydrogen-bond acceptors (Lipinski definition) is 2. The van der Waals surface area contributed by atoms with Crippen molar-refractivity contribution in [2.45, 2.75) is 51.5 Å². The molecule has 2 bridgehead atoms. The van der Waals surface area contributed by atoms with Gasteiger partial charge >= 0.3 is 0 Å². The Morgan fingerprint density at radius 1 is 1.24 bits per heavy atom. The van der Waals surface area contributed by atoms with E-state index >= 15 is 0 Å². The van der Waals surface area contributed by atoms with Crippen LogP contribution in [0, 0.1) is 23.2 Å². The summed E-state index contributed by atoms with van der Waals surface area (Å²) in [7, 11) is 0. The molecular weight excluding hydrogens is 332 g/mol. The third-order valence-corrected chi connectivity index (χ3v) is 6.89. The molecule has 1 heterocycles. The van der Waals surface area contributed by atoms with Crippen LogP contribution in [0.1, 0.15) is 44.6 Å². The van der Waals surface area contributed by atoms with Crippen molar-refractivity contribution in [2.75, 3.05) is 13.1 Å². The summed E-state index contributed by atoms with van der Waals surface area (Å²) in [5.41, 5.74) is 1.16. The number of piperidine rings is 1. The van der Waals surface area contributed by atoms with E-state index in [-0.39, 0.29) is 17.8 Å². The first-order valence-corrected chi connectivity index (χ1v) is 9.73. The first kappa shape index (κ1) is 18.7. The molecule has 2 N–H and O–H groups in total. The van der Waals surface area contributed by atoms with Gasteiger partial charge in [-0.1, -0.05) is 43.7 Å². The van der Waals surface area contributed by atoms with Crippen LogP contribution in [0.25, 0.3) is 0 Å². The second-order valence-corrected chi connectivity index (χ2v) is 8.45. The molecule has 4 rings (SSSR count). The highest BCUT2D eigenvalue weighted by Gasteiger charge is 2.55. The maximum Gasteiger partial charge on any atom is 0.227 e. The predicted molar refractivity (Wildman–Crippen MR) is 104 cm³/mol. The van der Waals surface area contributed by atoms with Crippen molar-refractivity contribution in [1.29, 1.82) is 0 Å². The highest BCUT2D eigenvalue weighted by atomic mass is 35.5. The lowest BCUT2D eigenvalue weighted by atomic mass is 9.68. The summed E-state index contributed by atoms with van der Waals surface area (Å²) in [4.78, 5) is 13.4. The highest BCUT2D eigenvalue weighted by molar-refractivity contribution is 5.85. The molecular formula is C21H31ClN2O. The van der Waals surface area contributed by atoms with Gasteiger partial charge in [0.1, 0.15) is 0 Å². The Labute approximate surface area is 157 Å². The summed E-state index contributed by atoms with van der Waals surface area (Å²) in [6.07, 6.45) is 6.91. The molecule has 25 heavy (non-hydrogen) atoms. The van der Waals surface area contributed by atoms with Gasteiger partial charge in [0, 0.05) is 6.04 Å². The minimum absolute atomic E-state index is 0. The molecule has 3 fully saturated rings. The van der Waals surface area contributed by atoms with E-state index in [1.165, 1.54) is 24.8 Å². The summed E-state index contributed by atoms with van der Waals surface area (Å²) in [6.45, 7) is 4.29. The normalized spacial score (nSPS) is 36.7. The Morgan fingerprint density at radius 2 is 2.04 bits per heavy atom. The third-order valence-electron chi connectivity index (χ3n) is 6.89. The molecule has 5 unspecified atom stereocenters. The number of hydrogen-bond donors (Lipinski definition) is 2. The van der Waals surface area contributed by atoms with Crippen LogP contribution in [0.15, 0.2) is 30.3 Å². The van der Waals surface area contributed by atoms with Crippen molar-refractivity contribution in [3.05, 3.63) is 35.9 Å². The van der Waals surface area contributed by atoms with Gasteiger partial charge in [-0.05, 0) is 68.5 Å². The van der Waals surface area contributed by atoms with Crippen LogP contribution in [0.2, 0.25) is 0 Å². The van der Waals surface area contributed by atoms with Crippen LogP contribution in [-0.4, -0.2) is 25.0 Å². The topological polar surface area (TPSA) is 41.1 Å². The summed E-state index contributed by atoms with van der Waals surface area (Å²) in [5.74, 6) is 2.22. The molecule has 2 aliphatic carbocycles. The van der Waals surface area contributed by atoms with Crippen molar-refractivity contribution in [2.24, 2.45) is 23.2 Å². The van der Waals surface area contributed by atoms with Crippen molar-refractivity contribution in [3.8, 4) is 0 Å². The van der Waals surface area contributed by atoms with E-state index < -0.39 is 0 Å². The number of carbonyl (C=O) groups is 1. The summed E-state index contributed by atoms with van der Waals surface area (Å²) >= 11 is 0. The summed E-state index contributed by atoms with van der Waals surface area (Å²) < 4.78 is 0. The SMILES string of the molecule is CC1CNCCC1NC(=O)C1(Cc2ccccc2)CC2CCC1C2.Cl. The lowest BCUT2D eigenvalue weighted by Gasteiger charge is -2.39. The number of benzene rings is 1. The van der Waals surface area contributed by atoms with E-state index in [1.54, 1.807) is 0 Å². The molecule has 3 aliphatic rings. The van der Waals surface area contributed by atoms with Gasteiger partial charge < -0.3 is 10.6 Å². The van der Waals surface area contributed by atoms with Crippen molar-refractivity contribution >= 4 is 18.3 Å². The molecule has 1 aromatic carbocycles. The zero-order valence-electron chi connectivity index (χ0n) is 15.2. The Balaban J connectivity index is 0.00000182. The van der Waals surface area contributed by atoms with Crippen LogP contribution in [-0.2, 0) is 11.2 Å². The van der Waals surface area contributed by atoms with E-state index in [2.05, 4.69) is 47.9 Å². The van der Waals surface area contributed by atoms with Crippen molar-refractivity contribution in [1.82, 2.24) is 10.6 Å². The molecule has 4 heteroatoms. The minimum atomic E-state index is -0.158. The second-order valence-electron chi connectivity index (χ2n) is 8.45. The first-order chi connectivity index (χ1) is 11.7. The quantitative estimate of drug-likeness (QED) is 0.859. The monoisotopic (exact) mass is 362 g/mol. The van der Waals surface area contributed by atoms with E-state index in [4.69, 9.17) is 0 Å². The average molecular weight is 363 g/mol. The fourth-order valence-electron chi connectivity index (χ4n) is 5.52. The molecule has 0 spiro atoms. The van der Waals surface area contributed by atoms with Crippen LogP contribution in [0.5, 0.6) is 0 Å². The summed E-state index contributed by atoms with van der Waals surface area (Å²) in [6, 6.07) is 11.0. The van der Waals surface area contributed by atoms with E-state index in [1.807, 2.05) is 0 Å². The van der Waals surface area contributed by atoms with Crippen LogP contribution in [0.3, 0.4) is 0 Å². The maximum absolute atomic E-state index is 13.4. The van der Waals surface area contributed by atoms with Gasteiger partial charge in [0.15, 0.2) is 0 Å². The third kappa shape index (κ3) is 3.59. The second kappa shape index (κ2) is 7.67. The van der Waals surface area contributed by atoms with Crippen molar-refractivity contribution in [3.63, 3.8) is 0 Å². The van der Waals surface area contributed by atoms with Gasteiger partial charge in [0.25, 0.3) is 0 Å². The Bertz CT molecular complexity index is 593. The fraction of sp³-hybridized carbons (Fsp3) is 0.667. The van der Waals surface area contributed by atoms with E-state index in [0.717, 1.165) is 38.3 Å². The number of carbonyl (C=O) groups excluding carboxylic acids is 1. The van der Waals surface area contributed by atoms with Gasteiger partial charge in [-0.2, -0.15) is 0 Å². The smallest absolute Gasteiger partial charge is 0.227 e. The number of amides is 1.